The zero-order valence-corrected chi connectivity index (χ0v) is 13.4. The van der Waals surface area contributed by atoms with Crippen LogP contribution in [-0.4, -0.2) is 81.0 Å². The number of rotatable bonds is 10. The minimum absolute atomic E-state index is 0.0273. The molecule has 0 spiro atoms. The summed E-state index contributed by atoms with van der Waals surface area (Å²) in [6, 6.07) is -0.571. The third-order valence-electron chi connectivity index (χ3n) is 3.03. The van der Waals surface area contributed by atoms with Gasteiger partial charge < -0.3 is 20.4 Å². The second kappa shape index (κ2) is 10.7. The maximum Gasteiger partial charge on any atom is 0.240 e. The summed E-state index contributed by atoms with van der Waals surface area (Å²) in [4.78, 5) is 18.3. The smallest absolute Gasteiger partial charge is 0.240 e. The van der Waals surface area contributed by atoms with E-state index in [1.54, 1.807) is 0 Å². The first kappa shape index (κ1) is 18.9. The van der Waals surface area contributed by atoms with E-state index in [0.717, 1.165) is 39.0 Å². The summed E-state index contributed by atoms with van der Waals surface area (Å²) in [5.74, 6) is 2.44. The minimum atomic E-state index is -0.571. The van der Waals surface area contributed by atoms with E-state index in [-0.39, 0.29) is 5.91 Å². The van der Waals surface area contributed by atoms with Crippen LogP contribution in [-0.2, 0) is 4.79 Å². The van der Waals surface area contributed by atoms with E-state index in [9.17, 15) is 4.79 Å². The summed E-state index contributed by atoms with van der Waals surface area (Å²) in [5.41, 5.74) is 5.84. The molecule has 1 amide bonds. The van der Waals surface area contributed by atoms with Crippen LogP contribution in [0.2, 0.25) is 0 Å². The van der Waals surface area contributed by atoms with E-state index >= 15 is 0 Å². The summed E-state index contributed by atoms with van der Waals surface area (Å²) < 4.78 is 0. The Morgan fingerprint density at radius 3 is 1.85 bits per heavy atom. The zero-order valence-electron chi connectivity index (χ0n) is 13.4. The Bertz CT molecular complexity index is 295. The topological polar surface area (TPSA) is 52.8 Å². The van der Waals surface area contributed by atoms with Gasteiger partial charge in [0.25, 0.3) is 0 Å². The predicted molar refractivity (Wildman–Crippen MR) is 84.3 cm³/mol. The second-order valence-corrected chi connectivity index (χ2v) is 5.65. The van der Waals surface area contributed by atoms with Gasteiger partial charge in [-0.3, -0.25) is 4.79 Å². The molecule has 2 N–H and O–H groups in total. The van der Waals surface area contributed by atoms with Gasteiger partial charge >= 0.3 is 0 Å². The maximum absolute atomic E-state index is 12.3. The van der Waals surface area contributed by atoms with Crippen molar-refractivity contribution in [2.45, 2.75) is 25.3 Å². The van der Waals surface area contributed by atoms with E-state index in [1.807, 2.05) is 33.1 Å². The molecule has 0 bridgehead atoms. The number of terminal acetylenes is 1. The number of nitrogens with zero attached hydrogens (tertiary/aromatic N) is 3. The first-order valence-electron chi connectivity index (χ1n) is 7.15. The largest absolute Gasteiger partial charge is 0.341 e. The molecule has 5 nitrogen and oxygen atoms in total. The van der Waals surface area contributed by atoms with Gasteiger partial charge in [0.15, 0.2) is 0 Å². The van der Waals surface area contributed by atoms with Crippen LogP contribution in [0.1, 0.15) is 19.3 Å². The van der Waals surface area contributed by atoms with Crippen LogP contribution >= 0.6 is 0 Å². The van der Waals surface area contributed by atoms with Crippen molar-refractivity contribution in [3.8, 4) is 12.3 Å². The lowest BCUT2D eigenvalue weighted by Crippen LogP contribution is -2.45. The molecule has 0 aromatic heterocycles. The Balaban J connectivity index is 4.36. The van der Waals surface area contributed by atoms with E-state index in [4.69, 9.17) is 12.2 Å². The van der Waals surface area contributed by atoms with Crippen LogP contribution in [0.5, 0.6) is 0 Å². The minimum Gasteiger partial charge on any atom is -0.341 e. The average molecular weight is 282 g/mol. The van der Waals surface area contributed by atoms with Crippen LogP contribution in [0, 0.1) is 12.3 Å². The Morgan fingerprint density at radius 2 is 1.50 bits per heavy atom. The first-order valence-corrected chi connectivity index (χ1v) is 7.15. The highest BCUT2D eigenvalue weighted by Crippen LogP contribution is 2.02. The van der Waals surface area contributed by atoms with Crippen molar-refractivity contribution < 1.29 is 4.79 Å². The number of carbonyl (C=O) groups is 1. The molecular formula is C15H30N4O. The summed E-state index contributed by atoms with van der Waals surface area (Å²) in [6.07, 6.45) is 7.43. The molecule has 116 valence electrons. The Labute approximate surface area is 124 Å². The molecule has 0 aliphatic carbocycles. The number of amides is 1. The fourth-order valence-electron chi connectivity index (χ4n) is 1.94. The molecule has 0 heterocycles. The van der Waals surface area contributed by atoms with Crippen molar-refractivity contribution in [3.63, 3.8) is 0 Å². The van der Waals surface area contributed by atoms with Crippen molar-refractivity contribution >= 4 is 5.91 Å². The van der Waals surface area contributed by atoms with Gasteiger partial charge in [-0.1, -0.05) is 0 Å². The van der Waals surface area contributed by atoms with Gasteiger partial charge in [-0.25, -0.2) is 0 Å². The average Bonchev–Trinajstić information content (AvgIpc) is 2.35. The highest BCUT2D eigenvalue weighted by molar-refractivity contribution is 5.81. The fourth-order valence-corrected chi connectivity index (χ4v) is 1.94. The van der Waals surface area contributed by atoms with Crippen molar-refractivity contribution in [1.82, 2.24) is 14.7 Å². The van der Waals surface area contributed by atoms with E-state index < -0.39 is 6.04 Å². The molecule has 0 rings (SSSR count). The molecule has 1 unspecified atom stereocenters. The maximum atomic E-state index is 12.3. The number of hydrogen-bond acceptors (Lipinski definition) is 4. The summed E-state index contributed by atoms with van der Waals surface area (Å²) in [6.45, 7) is 3.40. The predicted octanol–water partition coefficient (Wildman–Crippen LogP) is 0.0690. The van der Waals surface area contributed by atoms with Crippen molar-refractivity contribution in [1.29, 1.82) is 0 Å². The molecule has 0 radical (unpaired) electrons. The molecule has 20 heavy (non-hydrogen) atoms. The lowest BCUT2D eigenvalue weighted by Gasteiger charge is -2.26. The Kier molecular flexibility index (Phi) is 10.1. The number of nitrogens with two attached hydrogens (primary N) is 1. The summed E-state index contributed by atoms with van der Waals surface area (Å²) >= 11 is 0. The molecule has 0 aromatic carbocycles. The second-order valence-electron chi connectivity index (χ2n) is 5.65. The molecular weight excluding hydrogens is 252 g/mol. The molecule has 0 saturated heterocycles. The summed E-state index contributed by atoms with van der Waals surface area (Å²) in [7, 11) is 8.12. The van der Waals surface area contributed by atoms with Crippen LogP contribution in [0.25, 0.3) is 0 Å². The Morgan fingerprint density at radius 1 is 1.05 bits per heavy atom. The lowest BCUT2D eigenvalue weighted by atomic mass is 10.2. The molecule has 0 saturated carbocycles. The van der Waals surface area contributed by atoms with Gasteiger partial charge in [0.2, 0.25) is 5.91 Å². The third-order valence-corrected chi connectivity index (χ3v) is 3.03. The van der Waals surface area contributed by atoms with Gasteiger partial charge in [0.05, 0.1) is 6.04 Å². The molecule has 0 fully saturated rings. The van der Waals surface area contributed by atoms with Crippen molar-refractivity contribution in [2.75, 3.05) is 54.4 Å². The van der Waals surface area contributed by atoms with Gasteiger partial charge in [0, 0.05) is 19.5 Å². The van der Waals surface area contributed by atoms with Crippen LogP contribution in [0.15, 0.2) is 0 Å². The Hall–Kier alpha value is -1.09. The molecule has 0 aromatic rings. The van der Waals surface area contributed by atoms with Gasteiger partial charge in [-0.15, -0.1) is 12.3 Å². The normalized spacial score (nSPS) is 12.5. The van der Waals surface area contributed by atoms with Crippen molar-refractivity contribution in [3.05, 3.63) is 0 Å². The standard InChI is InChI=1S/C15H30N4O/c1-6-9-14(16)15(20)19(12-7-10-17(2)3)13-8-11-18(4)5/h1,14H,7-13,16H2,2-5H3. The number of hydrogen-bond donors (Lipinski definition) is 1. The quantitative estimate of drug-likeness (QED) is 0.576. The molecule has 0 aliphatic heterocycles. The molecule has 5 heteroatoms. The highest BCUT2D eigenvalue weighted by atomic mass is 16.2. The summed E-state index contributed by atoms with van der Waals surface area (Å²) in [5, 5.41) is 0. The molecule has 0 aliphatic rings. The fraction of sp³-hybridized carbons (Fsp3) is 0.800. The monoisotopic (exact) mass is 282 g/mol. The first-order chi connectivity index (χ1) is 9.38. The zero-order chi connectivity index (χ0) is 15.5. The lowest BCUT2D eigenvalue weighted by molar-refractivity contribution is -0.132. The van der Waals surface area contributed by atoms with Crippen LogP contribution < -0.4 is 5.73 Å². The third kappa shape index (κ3) is 8.92. The van der Waals surface area contributed by atoms with Crippen LogP contribution in [0.3, 0.4) is 0 Å². The van der Waals surface area contributed by atoms with Gasteiger partial charge in [-0.2, -0.15) is 0 Å². The van der Waals surface area contributed by atoms with E-state index in [1.165, 1.54) is 0 Å². The highest BCUT2D eigenvalue weighted by Gasteiger charge is 2.19. The van der Waals surface area contributed by atoms with E-state index in [0.29, 0.717) is 6.42 Å². The molecule has 1 atom stereocenters. The van der Waals surface area contributed by atoms with Gasteiger partial charge in [0.1, 0.15) is 0 Å². The van der Waals surface area contributed by atoms with Crippen LogP contribution in [0.4, 0.5) is 0 Å². The van der Waals surface area contributed by atoms with Gasteiger partial charge in [-0.05, 0) is 54.1 Å². The van der Waals surface area contributed by atoms with Crippen molar-refractivity contribution in [2.24, 2.45) is 5.73 Å². The SMILES string of the molecule is C#CCC(N)C(=O)N(CCCN(C)C)CCCN(C)C. The number of carbonyl (C=O) groups excluding carboxylic acids is 1. The van der Waals surface area contributed by atoms with E-state index in [2.05, 4.69) is 15.7 Å².